The van der Waals surface area contributed by atoms with E-state index < -0.39 is 12.6 Å². The van der Waals surface area contributed by atoms with Gasteiger partial charge in [-0.05, 0) is 41.3 Å². The maximum atomic E-state index is 12.9. The van der Waals surface area contributed by atoms with E-state index in [1.165, 1.54) is 6.08 Å². The second-order valence-electron chi connectivity index (χ2n) is 7.56. The molecule has 0 spiro atoms. The summed E-state index contributed by atoms with van der Waals surface area (Å²) in [7, 11) is 1.56. The molecule has 0 fully saturated rings. The van der Waals surface area contributed by atoms with Crippen LogP contribution in [0.1, 0.15) is 16.7 Å². The van der Waals surface area contributed by atoms with E-state index in [-0.39, 0.29) is 11.5 Å². The number of ether oxygens (including phenoxy) is 2. The summed E-state index contributed by atoms with van der Waals surface area (Å²) in [5, 5.41) is 9.40. The van der Waals surface area contributed by atoms with Crippen molar-refractivity contribution < 1.29 is 19.1 Å². The van der Waals surface area contributed by atoms with Crippen LogP contribution in [0.15, 0.2) is 90.5 Å². The van der Waals surface area contributed by atoms with Crippen LogP contribution >= 0.6 is 0 Å². The molecular weight excluding hydrogens is 428 g/mol. The van der Waals surface area contributed by atoms with Crippen LogP contribution in [0.4, 0.5) is 0 Å². The summed E-state index contributed by atoms with van der Waals surface area (Å²) in [6.07, 6.45) is 2.09. The Morgan fingerprint density at radius 2 is 1.53 bits per heavy atom. The maximum absolute atomic E-state index is 12.9. The number of carbonyl (C=O) groups excluding carboxylic acids is 2. The first-order valence-electron chi connectivity index (χ1n) is 10.9. The summed E-state index contributed by atoms with van der Waals surface area (Å²) in [5.74, 6) is -0.498. The smallest absolute Gasteiger partial charge is 0.349 e. The quantitative estimate of drug-likeness (QED) is 0.257. The Labute approximate surface area is 199 Å². The molecule has 0 saturated carbocycles. The van der Waals surface area contributed by atoms with Gasteiger partial charge in [0, 0.05) is 13.1 Å². The zero-order valence-corrected chi connectivity index (χ0v) is 19.0. The molecule has 0 unspecified atom stereocenters. The molecule has 6 nitrogen and oxygen atoms in total. The van der Waals surface area contributed by atoms with Crippen molar-refractivity contribution in [2.24, 2.45) is 0 Å². The van der Waals surface area contributed by atoms with Crippen LogP contribution in [-0.4, -0.2) is 37.0 Å². The first-order valence-corrected chi connectivity index (χ1v) is 10.9. The lowest BCUT2D eigenvalue weighted by Gasteiger charge is -2.23. The van der Waals surface area contributed by atoms with Gasteiger partial charge in [0.05, 0.1) is 7.11 Å². The number of hydrogen-bond donors (Lipinski definition) is 0. The summed E-state index contributed by atoms with van der Waals surface area (Å²) in [6, 6.07) is 28.3. The van der Waals surface area contributed by atoms with Gasteiger partial charge >= 0.3 is 5.97 Å². The van der Waals surface area contributed by atoms with Crippen molar-refractivity contribution in [1.82, 2.24) is 4.90 Å². The average molecular weight is 455 g/mol. The molecule has 3 aromatic carbocycles. The number of nitriles is 1. The van der Waals surface area contributed by atoms with Gasteiger partial charge in [0.25, 0.3) is 5.91 Å². The van der Waals surface area contributed by atoms with Crippen LogP contribution in [0.5, 0.6) is 5.75 Å². The topological polar surface area (TPSA) is 79.6 Å². The molecule has 172 valence electrons. The first kappa shape index (κ1) is 24.3. The minimum atomic E-state index is -0.839. The second kappa shape index (κ2) is 12.6. The van der Waals surface area contributed by atoms with E-state index in [1.807, 2.05) is 66.7 Å². The van der Waals surface area contributed by atoms with Crippen molar-refractivity contribution in [2.75, 3.05) is 20.3 Å². The molecule has 0 aliphatic heterocycles. The lowest BCUT2D eigenvalue weighted by molar-refractivity contribution is -0.148. The van der Waals surface area contributed by atoms with E-state index >= 15 is 0 Å². The molecule has 0 atom stereocenters. The molecule has 0 radical (unpaired) electrons. The number of rotatable bonds is 10. The largest absolute Gasteiger partial charge is 0.497 e. The van der Waals surface area contributed by atoms with Crippen LogP contribution in [0, 0.1) is 11.3 Å². The van der Waals surface area contributed by atoms with Gasteiger partial charge in [0.1, 0.15) is 17.4 Å². The molecule has 3 rings (SSSR count). The van der Waals surface area contributed by atoms with Crippen molar-refractivity contribution in [2.45, 2.75) is 13.0 Å². The van der Waals surface area contributed by atoms with Crippen LogP contribution < -0.4 is 4.74 Å². The summed E-state index contributed by atoms with van der Waals surface area (Å²) >= 11 is 0. The van der Waals surface area contributed by atoms with Crippen molar-refractivity contribution in [1.29, 1.82) is 5.26 Å². The monoisotopic (exact) mass is 454 g/mol. The van der Waals surface area contributed by atoms with Crippen LogP contribution in [0.2, 0.25) is 0 Å². The predicted octanol–water partition coefficient (Wildman–Crippen LogP) is 4.42. The molecule has 0 N–H and O–H groups in total. The number of methoxy groups -OCH3 is 1. The molecular formula is C28H26N2O4. The Kier molecular flexibility index (Phi) is 9.00. The predicted molar refractivity (Wildman–Crippen MR) is 130 cm³/mol. The van der Waals surface area contributed by atoms with E-state index in [2.05, 4.69) is 0 Å². The van der Waals surface area contributed by atoms with Gasteiger partial charge in [0.15, 0.2) is 6.61 Å². The third kappa shape index (κ3) is 7.35. The van der Waals surface area contributed by atoms with Gasteiger partial charge in [-0.2, -0.15) is 5.26 Å². The minimum absolute atomic E-state index is 0.183. The highest BCUT2D eigenvalue weighted by Crippen LogP contribution is 2.15. The van der Waals surface area contributed by atoms with Crippen molar-refractivity contribution in [3.05, 3.63) is 107 Å². The molecule has 0 aliphatic rings. The fourth-order valence-corrected chi connectivity index (χ4v) is 3.30. The number of carbonyl (C=O) groups is 2. The molecule has 0 saturated heterocycles. The molecule has 0 heterocycles. The molecule has 0 aromatic heterocycles. The Hall–Kier alpha value is -4.37. The molecule has 34 heavy (non-hydrogen) atoms. The molecule has 0 aliphatic carbocycles. The van der Waals surface area contributed by atoms with Crippen LogP contribution in [0.25, 0.3) is 6.08 Å². The van der Waals surface area contributed by atoms with Gasteiger partial charge in [-0.1, -0.05) is 72.8 Å². The molecule has 1 amide bonds. The van der Waals surface area contributed by atoms with E-state index in [9.17, 15) is 14.9 Å². The normalized spacial score (nSPS) is 10.8. The Morgan fingerprint density at radius 3 is 2.12 bits per heavy atom. The third-order valence-electron chi connectivity index (χ3n) is 5.18. The number of hydrogen-bond acceptors (Lipinski definition) is 5. The molecule has 3 aromatic rings. The Morgan fingerprint density at radius 1 is 0.912 bits per heavy atom. The zero-order chi connectivity index (χ0) is 24.2. The van der Waals surface area contributed by atoms with E-state index in [4.69, 9.17) is 9.47 Å². The fourth-order valence-electron chi connectivity index (χ4n) is 3.30. The Bertz CT molecular complexity index is 1150. The second-order valence-corrected chi connectivity index (χ2v) is 7.56. The average Bonchev–Trinajstić information content (AvgIpc) is 2.89. The summed E-state index contributed by atoms with van der Waals surface area (Å²) in [4.78, 5) is 27.1. The Balaban J connectivity index is 1.64. The number of nitrogens with zero attached hydrogens (tertiary/aromatic N) is 2. The van der Waals surface area contributed by atoms with Gasteiger partial charge < -0.3 is 14.4 Å². The maximum Gasteiger partial charge on any atom is 0.349 e. The van der Waals surface area contributed by atoms with Crippen LogP contribution in [0.3, 0.4) is 0 Å². The lowest BCUT2D eigenvalue weighted by atomic mass is 10.1. The van der Waals surface area contributed by atoms with E-state index in [0.717, 1.165) is 11.1 Å². The van der Waals surface area contributed by atoms with Gasteiger partial charge in [0.2, 0.25) is 0 Å². The van der Waals surface area contributed by atoms with Gasteiger partial charge in [-0.15, -0.1) is 0 Å². The van der Waals surface area contributed by atoms with E-state index in [0.29, 0.717) is 30.8 Å². The third-order valence-corrected chi connectivity index (χ3v) is 5.18. The molecule has 6 heteroatoms. The minimum Gasteiger partial charge on any atom is -0.497 e. The summed E-state index contributed by atoms with van der Waals surface area (Å²) in [6.45, 7) is 0.432. The van der Waals surface area contributed by atoms with Gasteiger partial charge in [-0.25, -0.2) is 4.79 Å². The highest BCUT2D eigenvalue weighted by Gasteiger charge is 2.18. The summed E-state index contributed by atoms with van der Waals surface area (Å²) in [5.41, 5.74) is 2.55. The highest BCUT2D eigenvalue weighted by atomic mass is 16.5. The molecule has 0 bridgehead atoms. The van der Waals surface area contributed by atoms with Crippen molar-refractivity contribution in [3.63, 3.8) is 0 Å². The fraction of sp³-hybridized carbons (Fsp3) is 0.179. The standard InChI is InChI=1S/C28H26N2O4/c1-33-26-14-12-23(13-15-26)18-25(19-29)28(32)34-21-27(31)30(20-24-10-6-3-7-11-24)17-16-22-8-4-2-5-9-22/h2-15,18H,16-17,20-21H2,1H3/b25-18+. The number of benzene rings is 3. The first-order chi connectivity index (χ1) is 16.6. The van der Waals surface area contributed by atoms with Gasteiger partial charge in [-0.3, -0.25) is 4.79 Å². The number of amides is 1. The summed E-state index contributed by atoms with van der Waals surface area (Å²) < 4.78 is 10.3. The van der Waals surface area contributed by atoms with Crippen molar-refractivity contribution in [3.8, 4) is 11.8 Å². The zero-order valence-electron chi connectivity index (χ0n) is 19.0. The number of esters is 1. The SMILES string of the molecule is COc1ccc(/C=C(\C#N)C(=O)OCC(=O)N(CCc2ccccc2)Cc2ccccc2)cc1. The van der Waals surface area contributed by atoms with Crippen molar-refractivity contribution >= 4 is 18.0 Å². The van der Waals surface area contributed by atoms with Crippen LogP contribution in [-0.2, 0) is 27.3 Å². The highest BCUT2D eigenvalue weighted by molar-refractivity contribution is 5.98. The lowest BCUT2D eigenvalue weighted by Crippen LogP contribution is -2.36. The van der Waals surface area contributed by atoms with E-state index in [1.54, 1.807) is 36.3 Å².